The fourth-order valence-electron chi connectivity index (χ4n) is 2.33. The number of nitrogens with one attached hydrogen (secondary N) is 1. The van der Waals surface area contributed by atoms with Gasteiger partial charge in [-0.3, -0.25) is 4.79 Å². The minimum absolute atomic E-state index is 0.0466. The topological polar surface area (TPSA) is 92.2 Å². The number of amides is 1. The second-order valence-corrected chi connectivity index (χ2v) is 5.29. The molecule has 2 N–H and O–H groups in total. The van der Waals surface area contributed by atoms with Crippen LogP contribution in [0.25, 0.3) is 0 Å². The van der Waals surface area contributed by atoms with E-state index in [4.69, 9.17) is 5.11 Å². The van der Waals surface area contributed by atoms with Crippen LogP contribution >= 0.6 is 0 Å². The molecule has 0 radical (unpaired) electrons. The molecule has 112 valence electrons. The molecule has 1 amide bonds. The minimum Gasteiger partial charge on any atom is -0.476 e. The molecular formula is C16H15N3O3. The van der Waals surface area contributed by atoms with Gasteiger partial charge in [0, 0.05) is 0 Å². The molecule has 6 nitrogen and oxygen atoms in total. The van der Waals surface area contributed by atoms with E-state index in [1.807, 2.05) is 30.3 Å². The number of hydrogen-bond acceptors (Lipinski definition) is 4. The van der Waals surface area contributed by atoms with Crippen molar-refractivity contribution in [2.75, 3.05) is 0 Å². The monoisotopic (exact) mass is 297 g/mol. The number of carbonyl (C=O) groups is 2. The first-order chi connectivity index (χ1) is 10.6. The Labute approximate surface area is 127 Å². The largest absolute Gasteiger partial charge is 0.476 e. The lowest BCUT2D eigenvalue weighted by molar-refractivity contribution is 0.0689. The summed E-state index contributed by atoms with van der Waals surface area (Å²) in [6.45, 7) is 0. The van der Waals surface area contributed by atoms with E-state index in [9.17, 15) is 9.59 Å². The quantitative estimate of drug-likeness (QED) is 0.881. The zero-order valence-electron chi connectivity index (χ0n) is 11.8. The van der Waals surface area contributed by atoms with Gasteiger partial charge in [-0.05, 0) is 24.3 Å². The molecule has 22 heavy (non-hydrogen) atoms. The summed E-state index contributed by atoms with van der Waals surface area (Å²) in [5, 5.41) is 11.8. The first-order valence-electron chi connectivity index (χ1n) is 7.06. The summed E-state index contributed by atoms with van der Waals surface area (Å²) >= 11 is 0. The van der Waals surface area contributed by atoms with Gasteiger partial charge >= 0.3 is 5.97 Å². The average molecular weight is 297 g/mol. The van der Waals surface area contributed by atoms with Gasteiger partial charge in [0.25, 0.3) is 5.91 Å². The van der Waals surface area contributed by atoms with Crippen LogP contribution in [0.1, 0.15) is 45.4 Å². The zero-order valence-corrected chi connectivity index (χ0v) is 11.8. The Hall–Kier alpha value is -2.76. The maximum atomic E-state index is 12.3. The Morgan fingerprint density at radius 2 is 1.73 bits per heavy atom. The van der Waals surface area contributed by atoms with Crippen molar-refractivity contribution in [1.82, 2.24) is 15.3 Å². The van der Waals surface area contributed by atoms with E-state index in [-0.39, 0.29) is 23.3 Å². The predicted molar refractivity (Wildman–Crippen MR) is 78.4 cm³/mol. The molecule has 3 rings (SSSR count). The number of hydrogen-bond donors (Lipinski definition) is 2. The molecular weight excluding hydrogens is 282 g/mol. The maximum absolute atomic E-state index is 12.3. The first-order valence-corrected chi connectivity index (χ1v) is 7.06. The van der Waals surface area contributed by atoms with Crippen LogP contribution in [-0.2, 0) is 0 Å². The molecule has 1 aliphatic carbocycles. The first kappa shape index (κ1) is 14.2. The van der Waals surface area contributed by atoms with Crippen molar-refractivity contribution < 1.29 is 14.7 Å². The summed E-state index contributed by atoms with van der Waals surface area (Å²) in [6.07, 6.45) is 4.45. The second kappa shape index (κ2) is 5.93. The molecule has 2 aromatic rings. The standard InChI is InChI=1S/C16H15N3O3/c20-15(12-8-18-13(9-17-12)16(21)22)19-14(11-6-7-11)10-4-2-1-3-5-10/h1-5,8-9,11,14H,6-7H2,(H,19,20)(H,21,22). The van der Waals surface area contributed by atoms with Gasteiger partial charge in [0.05, 0.1) is 18.4 Å². The van der Waals surface area contributed by atoms with Crippen LogP contribution < -0.4 is 5.32 Å². The number of benzene rings is 1. The highest BCUT2D eigenvalue weighted by molar-refractivity contribution is 5.93. The van der Waals surface area contributed by atoms with Crippen molar-refractivity contribution >= 4 is 11.9 Å². The molecule has 6 heteroatoms. The highest BCUT2D eigenvalue weighted by atomic mass is 16.4. The van der Waals surface area contributed by atoms with E-state index in [0.717, 1.165) is 24.6 Å². The van der Waals surface area contributed by atoms with E-state index < -0.39 is 5.97 Å². The number of carboxylic acids is 1. The van der Waals surface area contributed by atoms with Crippen LogP contribution in [-0.4, -0.2) is 27.0 Å². The van der Waals surface area contributed by atoms with Crippen molar-refractivity contribution in [3.8, 4) is 0 Å². The van der Waals surface area contributed by atoms with Gasteiger partial charge in [0.1, 0.15) is 5.69 Å². The Balaban J connectivity index is 1.75. The van der Waals surface area contributed by atoms with Crippen molar-refractivity contribution in [1.29, 1.82) is 0 Å². The molecule has 1 unspecified atom stereocenters. The third kappa shape index (κ3) is 3.11. The highest BCUT2D eigenvalue weighted by Crippen LogP contribution is 2.41. The molecule has 1 atom stereocenters. The molecule has 1 aliphatic rings. The maximum Gasteiger partial charge on any atom is 0.356 e. The third-order valence-corrected chi connectivity index (χ3v) is 3.64. The van der Waals surface area contributed by atoms with Gasteiger partial charge in [-0.1, -0.05) is 30.3 Å². The molecule has 0 aliphatic heterocycles. The van der Waals surface area contributed by atoms with E-state index >= 15 is 0 Å². The summed E-state index contributed by atoms with van der Waals surface area (Å²) < 4.78 is 0. The minimum atomic E-state index is -1.17. The summed E-state index contributed by atoms with van der Waals surface area (Å²) in [4.78, 5) is 30.6. The number of aromatic nitrogens is 2. The van der Waals surface area contributed by atoms with Crippen LogP contribution in [0, 0.1) is 5.92 Å². The molecule has 0 spiro atoms. The Morgan fingerprint density at radius 1 is 1.09 bits per heavy atom. The zero-order chi connectivity index (χ0) is 15.5. The fourth-order valence-corrected chi connectivity index (χ4v) is 2.33. The molecule has 1 saturated carbocycles. The average Bonchev–Trinajstić information content (AvgIpc) is 3.38. The number of aromatic carboxylic acids is 1. The normalized spacial score (nSPS) is 15.1. The lowest BCUT2D eigenvalue weighted by Gasteiger charge is -2.18. The SMILES string of the molecule is O=C(O)c1cnc(C(=O)NC(c2ccccc2)C2CC2)cn1. The summed E-state index contributed by atoms with van der Waals surface area (Å²) in [5.41, 5.74) is 0.999. The second-order valence-electron chi connectivity index (χ2n) is 5.29. The van der Waals surface area contributed by atoms with Gasteiger partial charge in [-0.25, -0.2) is 14.8 Å². The van der Waals surface area contributed by atoms with Gasteiger partial charge in [0.15, 0.2) is 5.69 Å². The van der Waals surface area contributed by atoms with E-state index in [1.165, 1.54) is 6.20 Å². The molecule has 1 aromatic carbocycles. The number of carboxylic acid groups (broad SMARTS) is 1. The Kier molecular flexibility index (Phi) is 3.82. The summed E-state index contributed by atoms with van der Waals surface area (Å²) in [5.74, 6) is -1.07. The predicted octanol–water partition coefficient (Wildman–Crippen LogP) is 2.06. The summed E-state index contributed by atoms with van der Waals surface area (Å²) in [6, 6.07) is 9.75. The van der Waals surface area contributed by atoms with E-state index in [2.05, 4.69) is 15.3 Å². The van der Waals surface area contributed by atoms with Gasteiger partial charge in [0.2, 0.25) is 0 Å². The van der Waals surface area contributed by atoms with Crippen molar-refractivity contribution in [2.45, 2.75) is 18.9 Å². The van der Waals surface area contributed by atoms with E-state index in [0.29, 0.717) is 5.92 Å². The van der Waals surface area contributed by atoms with Crippen LogP contribution in [0.2, 0.25) is 0 Å². The van der Waals surface area contributed by atoms with Crippen LogP contribution in [0.5, 0.6) is 0 Å². The van der Waals surface area contributed by atoms with Gasteiger partial charge < -0.3 is 10.4 Å². The van der Waals surface area contributed by atoms with Crippen molar-refractivity contribution in [2.24, 2.45) is 5.92 Å². The summed E-state index contributed by atoms with van der Waals surface area (Å²) in [7, 11) is 0. The third-order valence-electron chi connectivity index (χ3n) is 3.64. The molecule has 0 saturated heterocycles. The van der Waals surface area contributed by atoms with Crippen LogP contribution in [0.15, 0.2) is 42.7 Å². The number of nitrogens with zero attached hydrogens (tertiary/aromatic N) is 2. The Bertz CT molecular complexity index is 682. The number of rotatable bonds is 5. The van der Waals surface area contributed by atoms with Gasteiger partial charge in [-0.2, -0.15) is 0 Å². The molecule has 1 aromatic heterocycles. The van der Waals surface area contributed by atoms with Crippen molar-refractivity contribution in [3.05, 3.63) is 59.7 Å². The fraction of sp³-hybridized carbons (Fsp3) is 0.250. The molecule has 1 fully saturated rings. The van der Waals surface area contributed by atoms with Crippen LogP contribution in [0.4, 0.5) is 0 Å². The molecule has 0 bridgehead atoms. The smallest absolute Gasteiger partial charge is 0.356 e. The molecule has 1 heterocycles. The highest BCUT2D eigenvalue weighted by Gasteiger charge is 2.33. The van der Waals surface area contributed by atoms with Crippen LogP contribution in [0.3, 0.4) is 0 Å². The number of carbonyl (C=O) groups excluding carboxylic acids is 1. The van der Waals surface area contributed by atoms with E-state index in [1.54, 1.807) is 0 Å². The lowest BCUT2D eigenvalue weighted by atomic mass is 10.0. The Morgan fingerprint density at radius 3 is 2.27 bits per heavy atom. The van der Waals surface area contributed by atoms with Gasteiger partial charge in [-0.15, -0.1) is 0 Å². The van der Waals surface area contributed by atoms with Crippen molar-refractivity contribution in [3.63, 3.8) is 0 Å². The lowest BCUT2D eigenvalue weighted by Crippen LogP contribution is -2.30.